The molecule has 0 saturated carbocycles. The summed E-state index contributed by atoms with van der Waals surface area (Å²) in [6, 6.07) is 23.2. The number of rotatable bonds is 3. The van der Waals surface area contributed by atoms with E-state index in [0.29, 0.717) is 30.9 Å². The first-order chi connectivity index (χ1) is 17.5. The van der Waals surface area contributed by atoms with Crippen LogP contribution in [0, 0.1) is 12.8 Å². The molecule has 2 aromatic heterocycles. The van der Waals surface area contributed by atoms with E-state index in [1.807, 2.05) is 85.9 Å². The van der Waals surface area contributed by atoms with Gasteiger partial charge in [-0.15, -0.1) is 0 Å². The number of amides is 2. The van der Waals surface area contributed by atoms with Crippen LogP contribution in [0.3, 0.4) is 0 Å². The monoisotopic (exact) mass is 541 g/mol. The zero-order valence-electron chi connectivity index (χ0n) is 19.7. The molecule has 36 heavy (non-hydrogen) atoms. The molecule has 0 aliphatic carbocycles. The zero-order chi connectivity index (χ0) is 24.8. The number of benzene rings is 3. The molecule has 0 saturated heterocycles. The Morgan fingerprint density at radius 3 is 2.64 bits per heavy atom. The Labute approximate surface area is 216 Å². The van der Waals surface area contributed by atoms with Crippen molar-refractivity contribution in [3.8, 4) is 0 Å². The number of aryl methyl sites for hydroxylation is 1. The second kappa shape index (κ2) is 8.99. The number of aromatic nitrogens is 1. The number of hydrogen-bond donors (Lipinski definition) is 1. The Kier molecular flexibility index (Phi) is 5.64. The molecule has 3 heterocycles. The van der Waals surface area contributed by atoms with E-state index < -0.39 is 5.92 Å². The van der Waals surface area contributed by atoms with Crippen molar-refractivity contribution in [3.05, 3.63) is 100 Å². The summed E-state index contributed by atoms with van der Waals surface area (Å²) >= 11 is 3.47. The van der Waals surface area contributed by atoms with E-state index in [1.54, 1.807) is 4.90 Å². The number of halogens is 1. The largest absolute Gasteiger partial charge is 0.456 e. The van der Waals surface area contributed by atoms with Crippen molar-refractivity contribution in [2.45, 2.75) is 20.0 Å². The molecule has 0 spiro atoms. The van der Waals surface area contributed by atoms with Gasteiger partial charge in [0.25, 0.3) is 5.91 Å². The Hall–Kier alpha value is -3.84. The first-order valence-corrected chi connectivity index (χ1v) is 12.7. The van der Waals surface area contributed by atoms with E-state index >= 15 is 0 Å². The van der Waals surface area contributed by atoms with E-state index in [0.717, 1.165) is 37.7 Å². The van der Waals surface area contributed by atoms with Crippen molar-refractivity contribution >= 4 is 55.4 Å². The Balaban J connectivity index is 1.29. The minimum absolute atomic E-state index is 0.0706. The van der Waals surface area contributed by atoms with E-state index in [2.05, 4.69) is 25.8 Å². The molecule has 1 aliphatic rings. The predicted octanol–water partition coefficient (Wildman–Crippen LogP) is 6.37. The Morgan fingerprint density at radius 2 is 1.78 bits per heavy atom. The first kappa shape index (κ1) is 22.6. The smallest absolute Gasteiger partial charge is 0.254 e. The minimum atomic E-state index is -0.407. The fraction of sp³-hybridized carbons (Fsp3) is 0.172. The molecule has 2 amide bonds. The second-order valence-electron chi connectivity index (χ2n) is 9.29. The standard InChI is InChI=1S/C29H24BrN3O3/c1-18-13-20(30)8-10-23(18)29(35)33-16-19(15-32-12-4-5-22(32)17-33)28(34)31-21-9-11-27-25(14-21)24-6-2-3-7-26(24)36-27/h2-14,19H,15-17H2,1H3,(H,31,34). The van der Waals surface area contributed by atoms with Gasteiger partial charge in [0.1, 0.15) is 11.2 Å². The fourth-order valence-electron chi connectivity index (χ4n) is 5.00. The number of nitrogens with zero attached hydrogens (tertiary/aromatic N) is 2. The molecule has 5 aromatic rings. The maximum atomic E-state index is 13.5. The molecule has 1 N–H and O–H groups in total. The molecular weight excluding hydrogens is 518 g/mol. The molecule has 180 valence electrons. The SMILES string of the molecule is Cc1cc(Br)ccc1C(=O)N1Cc2cccn2CC(C(=O)Nc2ccc3oc4ccccc4c3c2)C1. The van der Waals surface area contributed by atoms with E-state index in [4.69, 9.17) is 4.42 Å². The molecule has 0 bridgehead atoms. The third-order valence-corrected chi connectivity index (χ3v) is 7.35. The number of furan rings is 1. The van der Waals surface area contributed by atoms with Gasteiger partial charge in [-0.05, 0) is 67.1 Å². The van der Waals surface area contributed by atoms with Gasteiger partial charge in [0.15, 0.2) is 0 Å². The topological polar surface area (TPSA) is 67.5 Å². The van der Waals surface area contributed by atoms with Crippen molar-refractivity contribution < 1.29 is 14.0 Å². The van der Waals surface area contributed by atoms with Crippen LogP contribution in [0.5, 0.6) is 0 Å². The summed E-state index contributed by atoms with van der Waals surface area (Å²) in [5, 5.41) is 5.06. The fourth-order valence-corrected chi connectivity index (χ4v) is 5.47. The third kappa shape index (κ3) is 4.09. The summed E-state index contributed by atoms with van der Waals surface area (Å²) in [5.41, 5.74) is 4.86. The van der Waals surface area contributed by atoms with Crippen LogP contribution < -0.4 is 5.32 Å². The van der Waals surface area contributed by atoms with Crippen molar-refractivity contribution in [2.24, 2.45) is 5.92 Å². The highest BCUT2D eigenvalue weighted by Gasteiger charge is 2.30. The van der Waals surface area contributed by atoms with Gasteiger partial charge in [-0.1, -0.05) is 34.1 Å². The van der Waals surface area contributed by atoms with Gasteiger partial charge in [-0.2, -0.15) is 0 Å². The molecule has 1 atom stereocenters. The van der Waals surface area contributed by atoms with Crippen molar-refractivity contribution in [1.29, 1.82) is 0 Å². The number of nitrogens with one attached hydrogen (secondary N) is 1. The number of fused-ring (bicyclic) bond motifs is 4. The lowest BCUT2D eigenvalue weighted by atomic mass is 10.0. The second-order valence-corrected chi connectivity index (χ2v) is 10.2. The number of anilines is 1. The van der Waals surface area contributed by atoms with Crippen molar-refractivity contribution in [2.75, 3.05) is 11.9 Å². The highest BCUT2D eigenvalue weighted by atomic mass is 79.9. The normalized spacial score (nSPS) is 15.6. The highest BCUT2D eigenvalue weighted by Crippen LogP contribution is 2.31. The van der Waals surface area contributed by atoms with Crippen LogP contribution in [-0.4, -0.2) is 27.8 Å². The van der Waals surface area contributed by atoms with E-state index in [-0.39, 0.29) is 11.8 Å². The molecule has 6 nitrogen and oxygen atoms in total. The molecule has 6 rings (SSSR count). The predicted molar refractivity (Wildman–Crippen MR) is 144 cm³/mol. The van der Waals surface area contributed by atoms with Gasteiger partial charge in [-0.25, -0.2) is 0 Å². The molecule has 0 fully saturated rings. The lowest BCUT2D eigenvalue weighted by molar-refractivity contribution is -0.120. The van der Waals surface area contributed by atoms with Crippen molar-refractivity contribution in [1.82, 2.24) is 9.47 Å². The van der Waals surface area contributed by atoms with Gasteiger partial charge < -0.3 is 19.2 Å². The average molecular weight is 542 g/mol. The average Bonchev–Trinajstić information content (AvgIpc) is 3.41. The Morgan fingerprint density at radius 1 is 0.944 bits per heavy atom. The van der Waals surface area contributed by atoms with Crippen LogP contribution in [0.1, 0.15) is 21.6 Å². The summed E-state index contributed by atoms with van der Waals surface area (Å²) in [5.74, 6) is -0.595. The summed E-state index contributed by atoms with van der Waals surface area (Å²) in [6.45, 7) is 3.23. The maximum absolute atomic E-state index is 13.5. The van der Waals surface area contributed by atoms with Gasteiger partial charge in [0.2, 0.25) is 5.91 Å². The van der Waals surface area contributed by atoms with Gasteiger partial charge >= 0.3 is 0 Å². The zero-order valence-corrected chi connectivity index (χ0v) is 21.3. The summed E-state index contributed by atoms with van der Waals surface area (Å²) in [4.78, 5) is 28.8. The van der Waals surface area contributed by atoms with Crippen LogP contribution in [0.2, 0.25) is 0 Å². The molecule has 3 aromatic carbocycles. The highest BCUT2D eigenvalue weighted by molar-refractivity contribution is 9.10. The van der Waals surface area contributed by atoms with Gasteiger partial charge in [0.05, 0.1) is 12.5 Å². The molecule has 1 aliphatic heterocycles. The van der Waals surface area contributed by atoms with Crippen LogP contribution in [0.4, 0.5) is 5.69 Å². The Bertz CT molecular complexity index is 1630. The van der Waals surface area contributed by atoms with E-state index in [9.17, 15) is 9.59 Å². The van der Waals surface area contributed by atoms with Crippen LogP contribution >= 0.6 is 15.9 Å². The third-order valence-electron chi connectivity index (χ3n) is 6.86. The quantitative estimate of drug-likeness (QED) is 0.288. The lowest BCUT2D eigenvalue weighted by Crippen LogP contribution is -2.38. The van der Waals surface area contributed by atoms with E-state index in [1.165, 1.54) is 0 Å². The van der Waals surface area contributed by atoms with Crippen LogP contribution in [0.25, 0.3) is 21.9 Å². The molecular formula is C29H24BrN3O3. The van der Waals surface area contributed by atoms with Crippen molar-refractivity contribution in [3.63, 3.8) is 0 Å². The maximum Gasteiger partial charge on any atom is 0.254 e. The number of carbonyl (C=O) groups excluding carboxylic acids is 2. The summed E-state index contributed by atoms with van der Waals surface area (Å²) in [6.07, 6.45) is 1.97. The number of carbonyl (C=O) groups is 2. The first-order valence-electron chi connectivity index (χ1n) is 11.9. The minimum Gasteiger partial charge on any atom is -0.456 e. The lowest BCUT2D eigenvalue weighted by Gasteiger charge is -2.24. The van der Waals surface area contributed by atoms with Crippen LogP contribution in [-0.2, 0) is 17.9 Å². The summed E-state index contributed by atoms with van der Waals surface area (Å²) < 4.78 is 8.91. The molecule has 7 heteroatoms. The summed E-state index contributed by atoms with van der Waals surface area (Å²) in [7, 11) is 0. The number of para-hydroxylation sites is 1. The molecule has 1 unspecified atom stereocenters. The van der Waals surface area contributed by atoms with Gasteiger partial charge in [0, 0.05) is 51.5 Å². The molecule has 0 radical (unpaired) electrons. The van der Waals surface area contributed by atoms with Crippen LogP contribution in [0.15, 0.2) is 87.9 Å². The van der Waals surface area contributed by atoms with Gasteiger partial charge in [-0.3, -0.25) is 9.59 Å². The number of hydrogen-bond acceptors (Lipinski definition) is 3.